The summed E-state index contributed by atoms with van der Waals surface area (Å²) in [6.45, 7) is 6.25. The average Bonchev–Trinajstić information content (AvgIpc) is 2.99. The molecule has 4 heterocycles. The van der Waals surface area contributed by atoms with Crippen LogP contribution in [-0.4, -0.2) is 84.3 Å². The van der Waals surface area contributed by atoms with Gasteiger partial charge >= 0.3 is 12.4 Å². The number of carbonyl (C=O) groups is 1. The van der Waals surface area contributed by atoms with E-state index >= 15 is 0 Å². The molecule has 0 bridgehead atoms. The lowest BCUT2D eigenvalue weighted by Crippen LogP contribution is -2.55. The van der Waals surface area contributed by atoms with E-state index in [1.165, 1.54) is 12.4 Å². The van der Waals surface area contributed by atoms with Crippen LogP contribution in [0.25, 0.3) is 11.1 Å². The Labute approximate surface area is 254 Å². The van der Waals surface area contributed by atoms with Crippen LogP contribution in [0.15, 0.2) is 41.6 Å². The summed E-state index contributed by atoms with van der Waals surface area (Å²) in [6, 6.07) is 2.04. The van der Waals surface area contributed by atoms with Gasteiger partial charge in [-0.2, -0.15) is 26.3 Å². The number of carbonyl (C=O) groups excluding carboxylic acids is 1. The maximum absolute atomic E-state index is 14.6. The normalized spacial score (nSPS) is 19.9. The topological polar surface area (TPSA) is 107 Å². The van der Waals surface area contributed by atoms with Gasteiger partial charge in [0.25, 0.3) is 5.91 Å². The van der Waals surface area contributed by atoms with Crippen LogP contribution < -0.4 is 20.7 Å². The molecule has 2 atom stereocenters. The maximum Gasteiger partial charge on any atom is 0.417 e. The van der Waals surface area contributed by atoms with Crippen LogP contribution in [0, 0.1) is 0 Å². The van der Waals surface area contributed by atoms with Crippen molar-refractivity contribution in [3.63, 3.8) is 0 Å². The Morgan fingerprint density at radius 2 is 1.53 bits per heavy atom. The molecule has 2 saturated heterocycles. The number of ether oxygens (including phenoxy) is 1. The lowest BCUT2D eigenvalue weighted by atomic mass is 9.97. The first-order chi connectivity index (χ1) is 21.1. The Kier molecular flexibility index (Phi) is 8.81. The molecule has 0 aliphatic carbocycles. The van der Waals surface area contributed by atoms with Crippen LogP contribution in [-0.2, 0) is 17.1 Å². The molecule has 5 rings (SSSR count). The number of aromatic nitrogens is 3. The van der Waals surface area contributed by atoms with E-state index in [0.29, 0.717) is 38.4 Å². The number of amides is 1. The number of rotatable bonds is 5. The van der Waals surface area contributed by atoms with Crippen molar-refractivity contribution in [2.75, 3.05) is 61.6 Å². The second-order valence-corrected chi connectivity index (χ2v) is 11.1. The minimum atomic E-state index is -5.04. The molecule has 45 heavy (non-hydrogen) atoms. The number of likely N-dealkylation sites (N-methyl/N-ethyl adjacent to an activating group) is 1. The number of nitrogens with one attached hydrogen (secondary N) is 2. The van der Waals surface area contributed by atoms with E-state index in [-0.39, 0.29) is 53.7 Å². The first-order valence-electron chi connectivity index (χ1n) is 14.1. The molecule has 16 heteroatoms. The number of aromatic amines is 1. The molecule has 10 nitrogen and oxygen atoms in total. The molecule has 0 unspecified atom stereocenters. The van der Waals surface area contributed by atoms with E-state index < -0.39 is 40.5 Å². The Morgan fingerprint density at radius 3 is 2.11 bits per heavy atom. The van der Waals surface area contributed by atoms with Crippen LogP contribution >= 0.6 is 0 Å². The number of hydrogen-bond donors (Lipinski definition) is 2. The van der Waals surface area contributed by atoms with Crippen LogP contribution in [0.3, 0.4) is 0 Å². The smallest absolute Gasteiger partial charge is 0.378 e. The van der Waals surface area contributed by atoms with E-state index in [9.17, 15) is 35.9 Å². The molecule has 2 aliphatic rings. The fraction of sp³-hybridized carbons (Fsp3) is 0.448. The summed E-state index contributed by atoms with van der Waals surface area (Å²) in [5.41, 5.74) is -5.03. The Balaban J connectivity index is 1.63. The molecule has 2 aliphatic heterocycles. The highest BCUT2D eigenvalue weighted by Gasteiger charge is 2.39. The van der Waals surface area contributed by atoms with Gasteiger partial charge in [-0.3, -0.25) is 14.5 Å². The van der Waals surface area contributed by atoms with Gasteiger partial charge in [-0.25, -0.2) is 9.97 Å². The van der Waals surface area contributed by atoms with Gasteiger partial charge < -0.3 is 24.8 Å². The number of anilines is 3. The fourth-order valence-electron chi connectivity index (χ4n) is 5.50. The molecular weight excluding hydrogens is 608 g/mol. The van der Waals surface area contributed by atoms with Gasteiger partial charge in [0.15, 0.2) is 0 Å². The van der Waals surface area contributed by atoms with Crippen LogP contribution in [0.4, 0.5) is 43.7 Å². The van der Waals surface area contributed by atoms with Gasteiger partial charge in [0.2, 0.25) is 11.5 Å². The summed E-state index contributed by atoms with van der Waals surface area (Å²) in [6.07, 6.45) is -6.79. The SMILES string of the molecule is C[C@@H]1CN(c2cc(C(F)(F)F)c(-c3cnc(N4CCOCC4)nc3)cc2NC(=O)c2c[nH]c(=O)cc2C(F)(F)F)C[C@H](C)N1C. The van der Waals surface area contributed by atoms with Crippen LogP contribution in [0.2, 0.25) is 0 Å². The number of halogens is 6. The molecule has 2 aromatic heterocycles. The number of benzene rings is 1. The molecule has 1 aromatic carbocycles. The molecular formula is C29H31F6N7O3. The van der Waals surface area contributed by atoms with Crippen molar-refractivity contribution in [2.45, 2.75) is 38.3 Å². The third-order valence-corrected chi connectivity index (χ3v) is 8.11. The minimum Gasteiger partial charge on any atom is -0.378 e. The molecule has 242 valence electrons. The van der Waals surface area contributed by atoms with Gasteiger partial charge in [0.1, 0.15) is 0 Å². The highest BCUT2D eigenvalue weighted by atomic mass is 19.4. The van der Waals surface area contributed by atoms with Crippen molar-refractivity contribution in [1.82, 2.24) is 19.9 Å². The molecule has 0 spiro atoms. The average molecular weight is 640 g/mol. The van der Waals surface area contributed by atoms with Crippen molar-refractivity contribution >= 4 is 23.2 Å². The standard InChI is InChI=1S/C29H31F6N7O3/c1-16-14-42(15-17(2)40(16)3)24-9-21(28(30,31)32)19(18-11-37-27(38-12-18)41-4-6-45-7-5-41)8-23(24)39-26(44)20-13-36-25(43)10-22(20)29(33,34)35/h8-13,16-17H,4-7,14-15H2,1-3H3,(H,36,43)(H,39,44)/t16-,17+. The summed E-state index contributed by atoms with van der Waals surface area (Å²) in [4.78, 5) is 41.1. The number of nitrogens with zero attached hydrogens (tertiary/aromatic N) is 5. The predicted octanol–water partition coefficient (Wildman–Crippen LogP) is 4.49. The van der Waals surface area contributed by atoms with E-state index in [0.717, 1.165) is 12.1 Å². The highest BCUT2D eigenvalue weighted by molar-refractivity contribution is 6.07. The number of pyridine rings is 1. The van der Waals surface area contributed by atoms with Crippen molar-refractivity contribution < 1.29 is 35.9 Å². The van der Waals surface area contributed by atoms with Gasteiger partial charge in [-0.15, -0.1) is 0 Å². The van der Waals surface area contributed by atoms with E-state index in [1.54, 1.807) is 4.90 Å². The number of piperazine rings is 1. The monoisotopic (exact) mass is 639 g/mol. The van der Waals surface area contributed by atoms with Crippen LogP contribution in [0.1, 0.15) is 35.3 Å². The van der Waals surface area contributed by atoms with Gasteiger partial charge in [-0.1, -0.05) is 0 Å². The first kappa shape index (κ1) is 32.2. The summed E-state index contributed by atoms with van der Waals surface area (Å²) in [7, 11) is 1.88. The van der Waals surface area contributed by atoms with Crippen molar-refractivity contribution in [3.05, 3.63) is 63.8 Å². The van der Waals surface area contributed by atoms with E-state index in [2.05, 4.69) is 25.2 Å². The summed E-state index contributed by atoms with van der Waals surface area (Å²) in [5, 5.41) is 2.40. The molecule has 0 saturated carbocycles. The minimum absolute atomic E-state index is 0.0125. The molecule has 1 amide bonds. The summed E-state index contributed by atoms with van der Waals surface area (Å²) < 4.78 is 90.4. The van der Waals surface area contributed by atoms with Gasteiger partial charge in [0.05, 0.1) is 41.3 Å². The Morgan fingerprint density at radius 1 is 0.933 bits per heavy atom. The van der Waals surface area contributed by atoms with Gasteiger partial charge in [0, 0.05) is 68.5 Å². The summed E-state index contributed by atoms with van der Waals surface area (Å²) >= 11 is 0. The maximum atomic E-state index is 14.6. The van der Waals surface area contributed by atoms with Crippen molar-refractivity contribution in [1.29, 1.82) is 0 Å². The second-order valence-electron chi connectivity index (χ2n) is 11.1. The van der Waals surface area contributed by atoms with Gasteiger partial charge in [-0.05, 0) is 38.6 Å². The third kappa shape index (κ3) is 6.91. The molecule has 2 N–H and O–H groups in total. The Hall–Kier alpha value is -4.18. The lowest BCUT2D eigenvalue weighted by molar-refractivity contribution is -0.138. The van der Waals surface area contributed by atoms with E-state index in [1.807, 2.05) is 25.8 Å². The number of alkyl halides is 6. The largest absolute Gasteiger partial charge is 0.417 e. The first-order valence-corrected chi connectivity index (χ1v) is 14.1. The third-order valence-electron chi connectivity index (χ3n) is 8.11. The zero-order valence-electron chi connectivity index (χ0n) is 24.6. The fourth-order valence-corrected chi connectivity index (χ4v) is 5.50. The molecule has 3 aromatic rings. The predicted molar refractivity (Wildman–Crippen MR) is 154 cm³/mol. The zero-order valence-corrected chi connectivity index (χ0v) is 24.6. The number of hydrogen-bond acceptors (Lipinski definition) is 8. The highest BCUT2D eigenvalue weighted by Crippen LogP contribution is 2.44. The van der Waals surface area contributed by atoms with Crippen LogP contribution in [0.5, 0.6) is 0 Å². The Bertz CT molecular complexity index is 1590. The second kappa shape index (κ2) is 12.3. The molecule has 0 radical (unpaired) electrons. The zero-order chi connectivity index (χ0) is 32.7. The van der Waals surface area contributed by atoms with E-state index in [4.69, 9.17) is 4.74 Å². The summed E-state index contributed by atoms with van der Waals surface area (Å²) in [5.74, 6) is -0.960. The molecule has 2 fully saturated rings. The number of morpholine rings is 1. The van der Waals surface area contributed by atoms with Crippen molar-refractivity contribution in [3.8, 4) is 11.1 Å². The van der Waals surface area contributed by atoms with Crippen molar-refractivity contribution in [2.24, 2.45) is 0 Å². The lowest BCUT2D eigenvalue weighted by Gasteiger charge is -2.44. The quantitative estimate of drug-likeness (QED) is 0.394. The number of H-pyrrole nitrogens is 1.